The lowest BCUT2D eigenvalue weighted by molar-refractivity contribution is -0.134. The quantitative estimate of drug-likeness (QED) is 0.136. The number of anilines is 1. The van der Waals surface area contributed by atoms with Crippen molar-refractivity contribution in [1.82, 2.24) is 35.8 Å². The molecule has 0 bridgehead atoms. The number of alkyl halides is 1. The van der Waals surface area contributed by atoms with Gasteiger partial charge in [0.2, 0.25) is 17.0 Å². The minimum Gasteiger partial charge on any atom is -0.398 e. The molecule has 3 heterocycles. The van der Waals surface area contributed by atoms with Gasteiger partial charge >= 0.3 is 0 Å². The maximum Gasteiger partial charge on any atom is 0.276 e. The first-order chi connectivity index (χ1) is 14.4. The third-order valence-corrected chi connectivity index (χ3v) is 5.91. The maximum absolute atomic E-state index is 12.7. The molecule has 16 heteroatoms. The van der Waals surface area contributed by atoms with Crippen LogP contribution in [0.4, 0.5) is 5.13 Å². The number of amides is 3. The highest BCUT2D eigenvalue weighted by atomic mass is 35.5. The summed E-state index contributed by atoms with van der Waals surface area (Å²) in [5, 5.41) is 25.0. The van der Waals surface area contributed by atoms with E-state index in [4.69, 9.17) is 16.4 Å². The first-order valence-corrected chi connectivity index (χ1v) is 10.7. The maximum atomic E-state index is 12.7. The van der Waals surface area contributed by atoms with Crippen molar-refractivity contribution in [2.45, 2.75) is 17.2 Å². The minimum atomic E-state index is -0.762. The first-order valence-electron chi connectivity index (χ1n) is 8.32. The average Bonchev–Trinajstić information content (AvgIpc) is 3.35. The van der Waals surface area contributed by atoms with Gasteiger partial charge in [-0.15, -0.1) is 28.0 Å². The Bertz CT molecular complexity index is 978. The van der Waals surface area contributed by atoms with Gasteiger partial charge in [-0.1, -0.05) is 16.9 Å². The van der Waals surface area contributed by atoms with Gasteiger partial charge in [-0.05, 0) is 10.4 Å². The van der Waals surface area contributed by atoms with Gasteiger partial charge in [0.25, 0.3) is 5.91 Å². The van der Waals surface area contributed by atoms with Gasteiger partial charge in [-0.3, -0.25) is 14.4 Å². The molecule has 0 aliphatic carbocycles. The molecule has 2 aromatic rings. The molecule has 0 radical (unpaired) electrons. The summed E-state index contributed by atoms with van der Waals surface area (Å²) in [5.74, 6) is -1.18. The molecular formula is C14H16ClN9O4S2. The van der Waals surface area contributed by atoms with Crippen molar-refractivity contribution in [2.75, 3.05) is 24.1 Å². The lowest BCUT2D eigenvalue weighted by atomic mass is 10.0. The number of aromatic nitrogens is 5. The topological polar surface area (TPSA) is 165 Å². The van der Waals surface area contributed by atoms with Crippen molar-refractivity contribution < 1.29 is 19.2 Å². The zero-order valence-corrected chi connectivity index (χ0v) is 18.0. The van der Waals surface area contributed by atoms with Crippen molar-refractivity contribution in [1.29, 1.82) is 0 Å². The van der Waals surface area contributed by atoms with Crippen LogP contribution in [0.2, 0.25) is 0 Å². The number of hydrogen-bond acceptors (Lipinski definition) is 11. The SMILES string of the molecule is CO/N=C(\C(=O)NC1C(=O)NC1CSc1nnnn1C)c1csc(NC(=O)CCl)n1. The molecule has 30 heavy (non-hydrogen) atoms. The highest BCUT2D eigenvalue weighted by Gasteiger charge is 2.41. The Balaban J connectivity index is 1.64. The molecule has 1 aliphatic rings. The van der Waals surface area contributed by atoms with Gasteiger partial charge < -0.3 is 20.8 Å². The summed E-state index contributed by atoms with van der Waals surface area (Å²) in [7, 11) is 2.98. The second-order valence-electron chi connectivity index (χ2n) is 5.80. The molecule has 3 rings (SSSR count). The Labute approximate surface area is 182 Å². The number of tetrazole rings is 1. The molecule has 13 nitrogen and oxygen atoms in total. The van der Waals surface area contributed by atoms with Gasteiger partial charge in [0, 0.05) is 18.2 Å². The average molecular weight is 474 g/mol. The smallest absolute Gasteiger partial charge is 0.276 e. The molecule has 0 spiro atoms. The van der Waals surface area contributed by atoms with Gasteiger partial charge in [-0.2, -0.15) is 0 Å². The number of hydrogen-bond donors (Lipinski definition) is 3. The summed E-state index contributed by atoms with van der Waals surface area (Å²) in [5.41, 5.74) is 0.0452. The molecule has 2 unspecified atom stereocenters. The predicted molar refractivity (Wildman–Crippen MR) is 108 cm³/mol. The number of thioether (sulfide) groups is 1. The van der Waals surface area contributed by atoms with Gasteiger partial charge in [0.15, 0.2) is 10.8 Å². The molecule has 3 N–H and O–H groups in total. The molecule has 160 valence electrons. The molecule has 3 amide bonds. The summed E-state index contributed by atoms with van der Waals surface area (Å²) < 4.78 is 1.50. The summed E-state index contributed by atoms with van der Waals surface area (Å²) in [6.45, 7) is 0. The molecule has 2 aromatic heterocycles. The van der Waals surface area contributed by atoms with Crippen molar-refractivity contribution in [2.24, 2.45) is 12.2 Å². The van der Waals surface area contributed by atoms with Crippen LogP contribution in [0, 0.1) is 0 Å². The predicted octanol–water partition coefficient (Wildman–Crippen LogP) is -1.03. The molecular weight excluding hydrogens is 458 g/mol. The Morgan fingerprint density at radius 3 is 2.93 bits per heavy atom. The van der Waals surface area contributed by atoms with Gasteiger partial charge in [0.05, 0.1) is 6.04 Å². The molecule has 0 saturated carbocycles. The lowest BCUT2D eigenvalue weighted by Crippen LogP contribution is -2.70. The Kier molecular flexibility index (Phi) is 7.17. The number of nitrogens with one attached hydrogen (secondary N) is 3. The number of nitrogens with zero attached hydrogens (tertiary/aromatic N) is 6. The number of β-lactam (4-membered cyclic amide) rings is 1. The second-order valence-corrected chi connectivity index (χ2v) is 7.92. The Morgan fingerprint density at radius 2 is 2.30 bits per heavy atom. The number of rotatable bonds is 9. The molecule has 2 atom stereocenters. The third-order valence-electron chi connectivity index (χ3n) is 3.78. The monoisotopic (exact) mass is 473 g/mol. The van der Waals surface area contributed by atoms with Crippen LogP contribution in [-0.2, 0) is 26.3 Å². The van der Waals surface area contributed by atoms with E-state index in [1.165, 1.54) is 28.9 Å². The number of thiazole rings is 1. The van der Waals surface area contributed by atoms with E-state index in [9.17, 15) is 14.4 Å². The van der Waals surface area contributed by atoms with Crippen LogP contribution >= 0.6 is 34.7 Å². The van der Waals surface area contributed by atoms with Crippen LogP contribution in [-0.4, -0.2) is 79.5 Å². The number of halogens is 1. The number of carbonyl (C=O) groups is 3. The van der Waals surface area contributed by atoms with Crippen LogP contribution < -0.4 is 16.0 Å². The van der Waals surface area contributed by atoms with Crippen LogP contribution in [0.1, 0.15) is 5.69 Å². The van der Waals surface area contributed by atoms with Crippen LogP contribution in [0.5, 0.6) is 0 Å². The van der Waals surface area contributed by atoms with Gasteiger partial charge in [-0.25, -0.2) is 9.67 Å². The zero-order chi connectivity index (χ0) is 21.7. The summed E-state index contributed by atoms with van der Waals surface area (Å²) >= 11 is 7.88. The van der Waals surface area contributed by atoms with Crippen molar-refractivity contribution in [3.63, 3.8) is 0 Å². The van der Waals surface area contributed by atoms with Crippen LogP contribution in [0.3, 0.4) is 0 Å². The van der Waals surface area contributed by atoms with E-state index in [0.29, 0.717) is 10.9 Å². The molecule has 1 fully saturated rings. The van der Waals surface area contributed by atoms with Crippen molar-refractivity contribution in [3.05, 3.63) is 11.1 Å². The highest BCUT2D eigenvalue weighted by Crippen LogP contribution is 2.20. The van der Waals surface area contributed by atoms with E-state index < -0.39 is 17.9 Å². The van der Waals surface area contributed by atoms with Crippen LogP contribution in [0.15, 0.2) is 15.7 Å². The summed E-state index contributed by atoms with van der Waals surface area (Å²) in [6.07, 6.45) is 0. The van der Waals surface area contributed by atoms with E-state index in [1.807, 2.05) is 0 Å². The van der Waals surface area contributed by atoms with Crippen LogP contribution in [0.25, 0.3) is 0 Å². The van der Waals surface area contributed by atoms with E-state index in [-0.39, 0.29) is 34.4 Å². The molecule has 1 saturated heterocycles. The largest absolute Gasteiger partial charge is 0.398 e. The Hall–Kier alpha value is -2.78. The lowest BCUT2D eigenvalue weighted by Gasteiger charge is -2.36. The van der Waals surface area contributed by atoms with Gasteiger partial charge in [0.1, 0.15) is 24.7 Å². The fourth-order valence-corrected chi connectivity index (χ4v) is 4.05. The minimum absolute atomic E-state index is 0.135. The molecule has 1 aliphatic heterocycles. The summed E-state index contributed by atoms with van der Waals surface area (Å²) in [6, 6.07) is -1.08. The normalized spacial score (nSPS) is 18.4. The number of oxime groups is 1. The number of aryl methyl sites for hydroxylation is 1. The summed E-state index contributed by atoms with van der Waals surface area (Å²) in [4.78, 5) is 44.9. The third kappa shape index (κ3) is 5.03. The highest BCUT2D eigenvalue weighted by molar-refractivity contribution is 7.99. The molecule has 0 aromatic carbocycles. The fourth-order valence-electron chi connectivity index (χ4n) is 2.35. The first kappa shape index (κ1) is 21.9. The standard InChI is InChI=1S/C14H16ClN9O4S2/c1-24-14(20-22-23-24)30-5-6-9(11(26)16-6)19-12(27)10(21-28-2)7-4-29-13(17-7)18-8(25)3-15/h4,6,9H,3,5H2,1-2H3,(H,16,26)(H,19,27)(H,17,18,25)/b21-10-. The van der Waals surface area contributed by atoms with E-state index >= 15 is 0 Å². The van der Waals surface area contributed by atoms with E-state index in [1.54, 1.807) is 7.05 Å². The van der Waals surface area contributed by atoms with E-state index in [2.05, 4.69) is 41.6 Å². The van der Waals surface area contributed by atoms with Crippen molar-refractivity contribution >= 4 is 63.3 Å². The Morgan fingerprint density at radius 1 is 1.50 bits per heavy atom. The number of carbonyl (C=O) groups excluding carboxylic acids is 3. The van der Waals surface area contributed by atoms with Crippen molar-refractivity contribution in [3.8, 4) is 0 Å². The second kappa shape index (κ2) is 9.82. The zero-order valence-electron chi connectivity index (χ0n) is 15.7. The van der Waals surface area contributed by atoms with E-state index in [0.717, 1.165) is 11.3 Å². The fraction of sp³-hybridized carbons (Fsp3) is 0.429.